The van der Waals surface area contributed by atoms with Crippen molar-refractivity contribution in [2.45, 2.75) is 27.7 Å². The first-order valence-corrected chi connectivity index (χ1v) is 11.8. The number of carbonyl (C=O) groups is 2. The standard InChI is InChI=1S/C28H32FN3O3/c1-19-22(26(33)30-14-16-31(17-15-30)27(34)28(2,3)4)18-25(20-10-12-21(35-5)13-11-20)32(19)24-9-7-6-8-23(24)29/h6-13,18H,14-17H2,1-5H3. The first-order valence-electron chi connectivity index (χ1n) is 11.8. The van der Waals surface area contributed by atoms with Crippen molar-refractivity contribution in [2.75, 3.05) is 33.3 Å². The zero-order valence-corrected chi connectivity index (χ0v) is 21.0. The number of aromatic nitrogens is 1. The number of hydrogen-bond donors (Lipinski definition) is 0. The van der Waals surface area contributed by atoms with E-state index in [9.17, 15) is 14.0 Å². The van der Waals surface area contributed by atoms with Gasteiger partial charge in [0.15, 0.2) is 0 Å². The largest absolute Gasteiger partial charge is 0.497 e. The Labute approximate surface area is 205 Å². The number of ether oxygens (including phenoxy) is 1. The summed E-state index contributed by atoms with van der Waals surface area (Å²) in [5, 5.41) is 0. The summed E-state index contributed by atoms with van der Waals surface area (Å²) in [6.07, 6.45) is 0. The summed E-state index contributed by atoms with van der Waals surface area (Å²) in [6, 6.07) is 15.9. The second-order valence-corrected chi connectivity index (χ2v) is 9.88. The fraction of sp³-hybridized carbons (Fsp3) is 0.357. The highest BCUT2D eigenvalue weighted by atomic mass is 19.1. The number of piperazine rings is 1. The predicted molar refractivity (Wildman–Crippen MR) is 134 cm³/mol. The van der Waals surface area contributed by atoms with E-state index in [0.717, 1.165) is 11.3 Å². The number of methoxy groups -OCH3 is 1. The van der Waals surface area contributed by atoms with Gasteiger partial charge in [0.1, 0.15) is 11.6 Å². The lowest BCUT2D eigenvalue weighted by atomic mass is 9.94. The van der Waals surface area contributed by atoms with Crippen molar-refractivity contribution in [1.29, 1.82) is 0 Å². The van der Waals surface area contributed by atoms with Gasteiger partial charge in [-0.25, -0.2) is 4.39 Å². The van der Waals surface area contributed by atoms with E-state index in [1.54, 1.807) is 34.8 Å². The Hall–Kier alpha value is -3.61. The van der Waals surface area contributed by atoms with Gasteiger partial charge in [-0.05, 0) is 55.0 Å². The van der Waals surface area contributed by atoms with Crippen LogP contribution < -0.4 is 4.74 Å². The maximum atomic E-state index is 14.9. The van der Waals surface area contributed by atoms with Gasteiger partial charge < -0.3 is 19.1 Å². The molecule has 6 nitrogen and oxygen atoms in total. The summed E-state index contributed by atoms with van der Waals surface area (Å²) in [4.78, 5) is 29.8. The summed E-state index contributed by atoms with van der Waals surface area (Å²) >= 11 is 0. The first kappa shape index (κ1) is 24.5. The van der Waals surface area contributed by atoms with Gasteiger partial charge in [0.05, 0.1) is 24.1 Å². The van der Waals surface area contributed by atoms with Crippen LogP contribution in [-0.4, -0.2) is 59.5 Å². The van der Waals surface area contributed by atoms with E-state index in [1.807, 2.05) is 62.9 Å². The van der Waals surface area contributed by atoms with Crippen LogP contribution in [-0.2, 0) is 4.79 Å². The molecule has 0 atom stereocenters. The summed E-state index contributed by atoms with van der Waals surface area (Å²) in [5.41, 5.74) is 2.69. The van der Waals surface area contributed by atoms with Crippen molar-refractivity contribution in [1.82, 2.24) is 14.4 Å². The maximum Gasteiger partial charge on any atom is 0.255 e. The van der Waals surface area contributed by atoms with Crippen LogP contribution >= 0.6 is 0 Å². The number of para-hydroxylation sites is 1. The molecule has 2 aromatic carbocycles. The Morgan fingerprint density at radius 1 is 0.914 bits per heavy atom. The average Bonchev–Trinajstić information content (AvgIpc) is 3.19. The quantitative estimate of drug-likeness (QED) is 0.535. The van der Waals surface area contributed by atoms with Crippen LogP contribution in [0.2, 0.25) is 0 Å². The molecule has 0 radical (unpaired) electrons. The van der Waals surface area contributed by atoms with Gasteiger partial charge in [-0.1, -0.05) is 32.9 Å². The van der Waals surface area contributed by atoms with Crippen LogP contribution in [0.5, 0.6) is 5.75 Å². The van der Waals surface area contributed by atoms with E-state index in [1.165, 1.54) is 6.07 Å². The summed E-state index contributed by atoms with van der Waals surface area (Å²) in [6.45, 7) is 9.48. The predicted octanol–water partition coefficient (Wildman–Crippen LogP) is 4.93. The van der Waals surface area contributed by atoms with Gasteiger partial charge in [-0.3, -0.25) is 9.59 Å². The molecule has 0 unspecified atom stereocenters. The van der Waals surface area contributed by atoms with E-state index in [2.05, 4.69) is 0 Å². The minimum atomic E-state index is -0.451. The maximum absolute atomic E-state index is 14.9. The van der Waals surface area contributed by atoms with Crippen molar-refractivity contribution in [2.24, 2.45) is 5.41 Å². The lowest BCUT2D eigenvalue weighted by molar-refractivity contribution is -0.140. The number of rotatable bonds is 4. The molecule has 1 saturated heterocycles. The Bertz CT molecular complexity index is 1230. The summed E-state index contributed by atoms with van der Waals surface area (Å²) in [5.74, 6) is 0.325. The third kappa shape index (κ3) is 4.81. The van der Waals surface area contributed by atoms with Crippen molar-refractivity contribution < 1.29 is 18.7 Å². The van der Waals surface area contributed by atoms with Crippen molar-refractivity contribution in [3.05, 3.63) is 71.7 Å². The molecule has 0 saturated carbocycles. The van der Waals surface area contributed by atoms with Gasteiger partial charge >= 0.3 is 0 Å². The van der Waals surface area contributed by atoms with Gasteiger partial charge in [0.25, 0.3) is 5.91 Å². The average molecular weight is 478 g/mol. The zero-order chi connectivity index (χ0) is 25.3. The molecule has 0 aliphatic carbocycles. The summed E-state index contributed by atoms with van der Waals surface area (Å²) < 4.78 is 21.9. The Morgan fingerprint density at radius 2 is 1.51 bits per heavy atom. The van der Waals surface area contributed by atoms with Crippen LogP contribution in [0.4, 0.5) is 4.39 Å². The van der Waals surface area contributed by atoms with Crippen LogP contribution in [0.1, 0.15) is 36.8 Å². The molecule has 4 rings (SSSR count). The Balaban J connectivity index is 1.69. The second-order valence-electron chi connectivity index (χ2n) is 9.88. The van der Waals surface area contributed by atoms with E-state index >= 15 is 0 Å². The van der Waals surface area contributed by atoms with Crippen LogP contribution in [0.15, 0.2) is 54.6 Å². The number of halogens is 1. The van der Waals surface area contributed by atoms with Crippen molar-refractivity contribution in [3.8, 4) is 22.7 Å². The molecule has 35 heavy (non-hydrogen) atoms. The molecule has 2 heterocycles. The van der Waals surface area contributed by atoms with Crippen LogP contribution in [0.3, 0.4) is 0 Å². The molecule has 0 bridgehead atoms. The smallest absolute Gasteiger partial charge is 0.255 e. The monoisotopic (exact) mass is 477 g/mol. The van der Waals surface area contributed by atoms with Gasteiger partial charge in [-0.15, -0.1) is 0 Å². The van der Waals surface area contributed by atoms with E-state index < -0.39 is 5.41 Å². The van der Waals surface area contributed by atoms with Crippen LogP contribution in [0, 0.1) is 18.2 Å². The lowest BCUT2D eigenvalue weighted by Gasteiger charge is -2.37. The third-order valence-corrected chi connectivity index (χ3v) is 6.45. The molecule has 0 N–H and O–H groups in total. The molecule has 0 spiro atoms. The second kappa shape index (κ2) is 9.56. The molecular weight excluding hydrogens is 445 g/mol. The number of amides is 2. The molecule has 3 aromatic rings. The van der Waals surface area contributed by atoms with E-state index in [0.29, 0.717) is 48.9 Å². The topological polar surface area (TPSA) is 54.8 Å². The fourth-order valence-electron chi connectivity index (χ4n) is 4.50. The third-order valence-electron chi connectivity index (χ3n) is 6.45. The number of hydrogen-bond acceptors (Lipinski definition) is 3. The fourth-order valence-corrected chi connectivity index (χ4v) is 4.50. The van der Waals surface area contributed by atoms with Crippen LogP contribution in [0.25, 0.3) is 16.9 Å². The number of benzene rings is 2. The minimum Gasteiger partial charge on any atom is -0.497 e. The summed E-state index contributed by atoms with van der Waals surface area (Å²) in [7, 11) is 1.60. The Morgan fingerprint density at radius 3 is 2.09 bits per heavy atom. The van der Waals surface area contributed by atoms with Gasteiger partial charge in [-0.2, -0.15) is 0 Å². The first-order chi connectivity index (χ1) is 16.6. The molecular formula is C28H32FN3O3. The van der Waals surface area contributed by atoms with Crippen molar-refractivity contribution >= 4 is 11.8 Å². The zero-order valence-electron chi connectivity index (χ0n) is 21.0. The molecule has 1 aliphatic heterocycles. The van der Waals surface area contributed by atoms with E-state index in [4.69, 9.17) is 4.74 Å². The molecule has 1 aliphatic rings. The highest BCUT2D eigenvalue weighted by Gasteiger charge is 2.32. The highest BCUT2D eigenvalue weighted by molar-refractivity contribution is 5.97. The number of nitrogens with zero attached hydrogens (tertiary/aromatic N) is 3. The molecule has 184 valence electrons. The van der Waals surface area contributed by atoms with Crippen molar-refractivity contribution in [3.63, 3.8) is 0 Å². The number of carbonyl (C=O) groups excluding carboxylic acids is 2. The van der Waals surface area contributed by atoms with E-state index in [-0.39, 0.29) is 17.6 Å². The molecule has 1 aromatic heterocycles. The molecule has 2 amide bonds. The highest BCUT2D eigenvalue weighted by Crippen LogP contribution is 2.32. The lowest BCUT2D eigenvalue weighted by Crippen LogP contribution is -2.53. The van der Waals surface area contributed by atoms with Gasteiger partial charge in [0.2, 0.25) is 5.91 Å². The normalized spacial score (nSPS) is 14.2. The SMILES string of the molecule is COc1ccc(-c2cc(C(=O)N3CCN(C(=O)C(C)(C)C)CC3)c(C)n2-c2ccccc2F)cc1. The molecule has 1 fully saturated rings. The van der Waals surface area contributed by atoms with Gasteiger partial charge in [0, 0.05) is 37.3 Å². The minimum absolute atomic E-state index is 0.0910. The Kier molecular flexibility index (Phi) is 6.70. The molecule has 7 heteroatoms.